The Hall–Kier alpha value is -3.01. The van der Waals surface area contributed by atoms with Gasteiger partial charge in [0.05, 0.1) is 11.0 Å². The second-order valence-electron chi connectivity index (χ2n) is 5.90. The first-order valence-corrected chi connectivity index (χ1v) is 7.80. The number of rotatable bonds is 2. The topological polar surface area (TPSA) is 30.7 Å². The molecule has 1 aromatic carbocycles. The summed E-state index contributed by atoms with van der Waals surface area (Å²) >= 11 is 0. The van der Waals surface area contributed by atoms with Gasteiger partial charge in [0.25, 0.3) is 0 Å². The van der Waals surface area contributed by atoms with Crippen molar-refractivity contribution in [3.05, 3.63) is 78.0 Å². The smallest absolute Gasteiger partial charge is 0.137 e. The molecule has 118 valence electrons. The van der Waals surface area contributed by atoms with Crippen LogP contribution in [0.5, 0.6) is 0 Å². The lowest BCUT2D eigenvalue weighted by molar-refractivity contribution is 0.622. The average Bonchev–Trinajstić information content (AvgIpc) is 2.94. The van der Waals surface area contributed by atoms with Gasteiger partial charge >= 0.3 is 0 Å². The van der Waals surface area contributed by atoms with Crippen molar-refractivity contribution in [1.82, 2.24) is 14.5 Å². The first kappa shape index (κ1) is 14.6. The highest BCUT2D eigenvalue weighted by Gasteiger charge is 2.13. The van der Waals surface area contributed by atoms with Crippen LogP contribution in [0.15, 0.2) is 61.1 Å². The Morgan fingerprint density at radius 3 is 2.62 bits per heavy atom. The minimum absolute atomic E-state index is 0.202. The van der Waals surface area contributed by atoms with Crippen molar-refractivity contribution in [2.45, 2.75) is 13.8 Å². The molecule has 3 aromatic heterocycles. The van der Waals surface area contributed by atoms with Gasteiger partial charge in [0, 0.05) is 29.7 Å². The fraction of sp³-hybridized carbons (Fsp3) is 0.100. The average molecular weight is 317 g/mol. The summed E-state index contributed by atoms with van der Waals surface area (Å²) in [6, 6.07) is 13.2. The summed E-state index contributed by atoms with van der Waals surface area (Å²) in [6.07, 6.45) is 5.50. The van der Waals surface area contributed by atoms with Gasteiger partial charge < -0.3 is 0 Å². The van der Waals surface area contributed by atoms with Crippen LogP contribution >= 0.6 is 0 Å². The number of fused-ring (bicyclic) bond motifs is 1. The van der Waals surface area contributed by atoms with E-state index in [1.165, 1.54) is 0 Å². The van der Waals surface area contributed by atoms with Crippen LogP contribution < -0.4 is 0 Å². The molecule has 0 atom stereocenters. The third kappa shape index (κ3) is 2.27. The molecule has 4 heteroatoms. The summed E-state index contributed by atoms with van der Waals surface area (Å²) in [5, 5.41) is 0. The normalized spacial score (nSPS) is 11.1. The molecule has 0 bridgehead atoms. The molecule has 3 nitrogen and oxygen atoms in total. The molecule has 0 aliphatic heterocycles. The SMILES string of the molecule is Cc1cccc(-c2cnc3c(C)cn(-c4ccccn4)c3c2)c1F. The summed E-state index contributed by atoms with van der Waals surface area (Å²) < 4.78 is 16.5. The van der Waals surface area contributed by atoms with Crippen LogP contribution in [0, 0.1) is 19.7 Å². The van der Waals surface area contributed by atoms with Crippen LogP contribution in [-0.2, 0) is 0 Å². The quantitative estimate of drug-likeness (QED) is 0.529. The number of aryl methyl sites for hydroxylation is 2. The van der Waals surface area contributed by atoms with Crippen LogP contribution in [0.2, 0.25) is 0 Å². The Bertz CT molecular complexity index is 1040. The molecular formula is C20H16FN3. The van der Waals surface area contributed by atoms with E-state index in [0.29, 0.717) is 11.1 Å². The molecule has 0 spiro atoms. The fourth-order valence-corrected chi connectivity index (χ4v) is 2.97. The second-order valence-corrected chi connectivity index (χ2v) is 5.90. The van der Waals surface area contributed by atoms with E-state index in [9.17, 15) is 4.39 Å². The second kappa shape index (κ2) is 5.57. The van der Waals surface area contributed by atoms with E-state index in [-0.39, 0.29) is 5.82 Å². The van der Waals surface area contributed by atoms with Crippen LogP contribution in [0.3, 0.4) is 0 Å². The van der Waals surface area contributed by atoms with Gasteiger partial charge in [-0.1, -0.05) is 24.3 Å². The van der Waals surface area contributed by atoms with Crippen molar-refractivity contribution >= 4 is 11.0 Å². The molecule has 0 unspecified atom stereocenters. The Balaban J connectivity index is 1.97. The molecular weight excluding hydrogens is 301 g/mol. The van der Waals surface area contributed by atoms with Crippen molar-refractivity contribution in [2.75, 3.05) is 0 Å². The lowest BCUT2D eigenvalue weighted by atomic mass is 10.0. The summed E-state index contributed by atoms with van der Waals surface area (Å²) in [5.74, 6) is 0.616. The monoisotopic (exact) mass is 317 g/mol. The molecule has 0 saturated carbocycles. The van der Waals surface area contributed by atoms with E-state index in [2.05, 4.69) is 9.97 Å². The Morgan fingerprint density at radius 1 is 0.958 bits per heavy atom. The number of halogens is 1. The zero-order valence-corrected chi connectivity index (χ0v) is 13.5. The third-order valence-corrected chi connectivity index (χ3v) is 4.22. The largest absolute Gasteiger partial charge is 0.299 e. The number of benzene rings is 1. The lowest BCUT2D eigenvalue weighted by Crippen LogP contribution is -1.95. The van der Waals surface area contributed by atoms with Crippen LogP contribution in [0.25, 0.3) is 28.0 Å². The van der Waals surface area contributed by atoms with Gasteiger partial charge in [0.1, 0.15) is 11.6 Å². The van der Waals surface area contributed by atoms with Crippen molar-refractivity contribution < 1.29 is 4.39 Å². The molecule has 24 heavy (non-hydrogen) atoms. The van der Waals surface area contributed by atoms with E-state index < -0.39 is 0 Å². The highest BCUT2D eigenvalue weighted by molar-refractivity contribution is 5.85. The third-order valence-electron chi connectivity index (χ3n) is 4.22. The van der Waals surface area contributed by atoms with E-state index in [1.807, 2.05) is 48.0 Å². The number of hydrogen-bond acceptors (Lipinski definition) is 2. The number of nitrogens with zero attached hydrogens (tertiary/aromatic N) is 3. The molecule has 0 N–H and O–H groups in total. The molecule has 0 saturated heterocycles. The molecule has 0 amide bonds. The highest BCUT2D eigenvalue weighted by Crippen LogP contribution is 2.29. The Kier molecular flexibility index (Phi) is 3.38. The van der Waals surface area contributed by atoms with Gasteiger partial charge in [-0.3, -0.25) is 9.55 Å². The zero-order valence-electron chi connectivity index (χ0n) is 13.5. The first-order chi connectivity index (χ1) is 11.6. The highest BCUT2D eigenvalue weighted by atomic mass is 19.1. The zero-order chi connectivity index (χ0) is 16.7. The summed E-state index contributed by atoms with van der Waals surface area (Å²) in [7, 11) is 0. The van der Waals surface area contributed by atoms with Gasteiger partial charge in [-0.2, -0.15) is 0 Å². The van der Waals surface area contributed by atoms with E-state index >= 15 is 0 Å². The molecule has 3 heterocycles. The van der Waals surface area contributed by atoms with Crippen LogP contribution in [0.4, 0.5) is 4.39 Å². The lowest BCUT2D eigenvalue weighted by Gasteiger charge is -2.08. The van der Waals surface area contributed by atoms with Gasteiger partial charge in [-0.15, -0.1) is 0 Å². The molecule has 0 aliphatic carbocycles. The maximum atomic E-state index is 14.5. The van der Waals surface area contributed by atoms with E-state index in [1.54, 1.807) is 31.5 Å². The molecule has 0 radical (unpaired) electrons. The minimum Gasteiger partial charge on any atom is -0.299 e. The van der Waals surface area contributed by atoms with Gasteiger partial charge in [0.2, 0.25) is 0 Å². The maximum Gasteiger partial charge on any atom is 0.137 e. The van der Waals surface area contributed by atoms with Crippen molar-refractivity contribution in [3.8, 4) is 16.9 Å². The van der Waals surface area contributed by atoms with Crippen LogP contribution in [-0.4, -0.2) is 14.5 Å². The summed E-state index contributed by atoms with van der Waals surface area (Å²) in [4.78, 5) is 8.97. The van der Waals surface area contributed by atoms with Gasteiger partial charge in [0.15, 0.2) is 0 Å². The summed E-state index contributed by atoms with van der Waals surface area (Å²) in [6.45, 7) is 3.78. The predicted molar refractivity (Wildman–Crippen MR) is 93.7 cm³/mol. The Labute approximate surface area is 139 Å². The number of hydrogen-bond donors (Lipinski definition) is 0. The van der Waals surface area contributed by atoms with E-state index in [4.69, 9.17) is 0 Å². The van der Waals surface area contributed by atoms with Gasteiger partial charge in [-0.05, 0) is 43.2 Å². The van der Waals surface area contributed by atoms with Crippen molar-refractivity contribution in [2.24, 2.45) is 0 Å². The van der Waals surface area contributed by atoms with E-state index in [0.717, 1.165) is 28.0 Å². The number of aromatic nitrogens is 3. The molecule has 0 fully saturated rings. The fourth-order valence-electron chi connectivity index (χ4n) is 2.97. The number of pyridine rings is 2. The molecule has 0 aliphatic rings. The van der Waals surface area contributed by atoms with Gasteiger partial charge in [-0.25, -0.2) is 9.37 Å². The van der Waals surface area contributed by atoms with Crippen molar-refractivity contribution in [3.63, 3.8) is 0 Å². The minimum atomic E-state index is -0.202. The standard InChI is InChI=1S/C20H16FN3/c1-13-6-5-7-16(19(13)21)15-10-17-20(23-11-15)14(2)12-24(17)18-8-3-4-9-22-18/h3-12H,1-2H3. The molecule has 4 aromatic rings. The predicted octanol–water partition coefficient (Wildman–Crippen LogP) is 4.84. The first-order valence-electron chi connectivity index (χ1n) is 7.80. The van der Waals surface area contributed by atoms with Crippen molar-refractivity contribution in [1.29, 1.82) is 0 Å². The van der Waals surface area contributed by atoms with Crippen LogP contribution in [0.1, 0.15) is 11.1 Å². The Morgan fingerprint density at radius 2 is 1.83 bits per heavy atom. The summed E-state index contributed by atoms with van der Waals surface area (Å²) in [5.41, 5.74) is 4.84. The maximum absolute atomic E-state index is 14.5. The molecule has 4 rings (SSSR count).